The molecule has 0 unspecified atom stereocenters. The van der Waals surface area contributed by atoms with Crippen molar-refractivity contribution in [1.29, 1.82) is 0 Å². The van der Waals surface area contributed by atoms with Crippen LogP contribution < -0.4 is 10.6 Å². The first-order valence-electron chi connectivity index (χ1n) is 6.50. The van der Waals surface area contributed by atoms with E-state index in [1.165, 1.54) is 13.8 Å². The van der Waals surface area contributed by atoms with Gasteiger partial charge in [-0.25, -0.2) is 0 Å². The smallest absolute Gasteiger partial charge is 0.221 e. The van der Waals surface area contributed by atoms with Crippen molar-refractivity contribution >= 4 is 48.4 Å². The van der Waals surface area contributed by atoms with Gasteiger partial charge in [0, 0.05) is 35.0 Å². The number of thiol groups is 2. The van der Waals surface area contributed by atoms with Crippen molar-refractivity contribution in [3.05, 3.63) is 48.5 Å². The standard InChI is InChI=1S/2C8H9NOS/c2*1-6(10)9-7-2-4-8(11)5-3-7/h2*2-5,11H,1H3,(H,9,10). The molecule has 0 saturated carbocycles. The van der Waals surface area contributed by atoms with Crippen LogP contribution in [0.3, 0.4) is 0 Å². The number of anilines is 2. The van der Waals surface area contributed by atoms with E-state index in [9.17, 15) is 9.59 Å². The van der Waals surface area contributed by atoms with Crippen molar-refractivity contribution in [2.45, 2.75) is 23.6 Å². The van der Waals surface area contributed by atoms with Gasteiger partial charge < -0.3 is 10.6 Å². The van der Waals surface area contributed by atoms with E-state index in [1.807, 2.05) is 48.5 Å². The molecular weight excluding hydrogens is 316 g/mol. The average Bonchev–Trinajstić information content (AvgIpc) is 2.44. The summed E-state index contributed by atoms with van der Waals surface area (Å²) in [6.07, 6.45) is 0. The lowest BCUT2D eigenvalue weighted by molar-refractivity contribution is -0.115. The SMILES string of the molecule is CC(=O)Nc1ccc(S)cc1.CC(=O)Nc1ccc(S)cc1. The van der Waals surface area contributed by atoms with Crippen molar-refractivity contribution in [3.63, 3.8) is 0 Å². The minimum absolute atomic E-state index is 0.0584. The number of hydrogen-bond donors (Lipinski definition) is 4. The van der Waals surface area contributed by atoms with Crippen LogP contribution in [0.1, 0.15) is 13.8 Å². The molecule has 0 aliphatic carbocycles. The number of carbonyl (C=O) groups excluding carboxylic acids is 2. The summed E-state index contributed by atoms with van der Waals surface area (Å²) in [6.45, 7) is 2.96. The largest absolute Gasteiger partial charge is 0.326 e. The highest BCUT2D eigenvalue weighted by atomic mass is 32.1. The van der Waals surface area contributed by atoms with Crippen LogP contribution in [0.5, 0.6) is 0 Å². The third-order valence-electron chi connectivity index (χ3n) is 2.38. The quantitative estimate of drug-likeness (QED) is 0.630. The molecule has 0 spiro atoms. The van der Waals surface area contributed by atoms with Gasteiger partial charge in [0.2, 0.25) is 11.8 Å². The molecule has 2 aromatic carbocycles. The van der Waals surface area contributed by atoms with Gasteiger partial charge in [0.25, 0.3) is 0 Å². The van der Waals surface area contributed by atoms with Crippen LogP contribution in [0.4, 0.5) is 11.4 Å². The first kappa shape index (κ1) is 18.1. The molecular formula is C16H18N2O2S2. The van der Waals surface area contributed by atoms with Crippen molar-refractivity contribution in [2.75, 3.05) is 10.6 Å². The lowest BCUT2D eigenvalue weighted by atomic mass is 10.3. The topological polar surface area (TPSA) is 58.2 Å². The van der Waals surface area contributed by atoms with Crippen LogP contribution in [-0.2, 0) is 9.59 Å². The minimum atomic E-state index is -0.0584. The van der Waals surface area contributed by atoms with Gasteiger partial charge in [-0.1, -0.05) is 0 Å². The molecule has 116 valence electrons. The zero-order valence-electron chi connectivity index (χ0n) is 12.3. The van der Waals surface area contributed by atoms with E-state index in [1.54, 1.807) is 0 Å². The fraction of sp³-hybridized carbons (Fsp3) is 0.125. The highest BCUT2D eigenvalue weighted by Crippen LogP contribution is 2.12. The highest BCUT2D eigenvalue weighted by Gasteiger charge is 1.93. The van der Waals surface area contributed by atoms with Crippen molar-refractivity contribution in [3.8, 4) is 0 Å². The van der Waals surface area contributed by atoms with Crippen molar-refractivity contribution in [2.24, 2.45) is 0 Å². The molecule has 0 heterocycles. The molecule has 6 heteroatoms. The number of amides is 2. The number of carbonyl (C=O) groups is 2. The molecule has 22 heavy (non-hydrogen) atoms. The Hall–Kier alpha value is -1.92. The van der Waals surface area contributed by atoms with Crippen LogP contribution >= 0.6 is 25.3 Å². The average molecular weight is 334 g/mol. The maximum Gasteiger partial charge on any atom is 0.221 e. The number of benzene rings is 2. The predicted molar refractivity (Wildman–Crippen MR) is 96.0 cm³/mol. The van der Waals surface area contributed by atoms with Gasteiger partial charge in [-0.15, -0.1) is 25.3 Å². The van der Waals surface area contributed by atoms with E-state index in [4.69, 9.17) is 0 Å². The van der Waals surface area contributed by atoms with Gasteiger partial charge in [0.1, 0.15) is 0 Å². The Labute approximate surface area is 141 Å². The molecule has 2 N–H and O–H groups in total. The first-order chi connectivity index (χ1) is 10.4. The lowest BCUT2D eigenvalue weighted by Crippen LogP contribution is -2.04. The Kier molecular flexibility index (Phi) is 7.56. The summed E-state index contributed by atoms with van der Waals surface area (Å²) in [5.74, 6) is -0.117. The van der Waals surface area contributed by atoms with E-state index in [0.29, 0.717) is 0 Å². The normalized spacial score (nSPS) is 9.27. The van der Waals surface area contributed by atoms with Gasteiger partial charge in [-0.2, -0.15) is 0 Å². The van der Waals surface area contributed by atoms with E-state index >= 15 is 0 Å². The predicted octanol–water partition coefficient (Wildman–Crippen LogP) is 3.87. The summed E-state index contributed by atoms with van der Waals surface area (Å²) < 4.78 is 0. The second-order valence-corrected chi connectivity index (χ2v) is 5.49. The van der Waals surface area contributed by atoms with E-state index in [-0.39, 0.29) is 11.8 Å². The van der Waals surface area contributed by atoms with E-state index < -0.39 is 0 Å². The van der Waals surface area contributed by atoms with Crippen LogP contribution in [-0.4, -0.2) is 11.8 Å². The Bertz CT molecular complexity index is 568. The third kappa shape index (κ3) is 7.75. The van der Waals surface area contributed by atoms with E-state index in [2.05, 4.69) is 35.9 Å². The van der Waals surface area contributed by atoms with Crippen LogP contribution in [0.25, 0.3) is 0 Å². The minimum Gasteiger partial charge on any atom is -0.326 e. The molecule has 2 aromatic rings. The van der Waals surface area contributed by atoms with Gasteiger partial charge in [0.15, 0.2) is 0 Å². The second-order valence-electron chi connectivity index (χ2n) is 4.46. The molecule has 0 fully saturated rings. The Balaban J connectivity index is 0.000000220. The highest BCUT2D eigenvalue weighted by molar-refractivity contribution is 7.80. The molecule has 0 bridgehead atoms. The molecule has 0 saturated heterocycles. The van der Waals surface area contributed by atoms with Gasteiger partial charge in [0.05, 0.1) is 0 Å². The maximum atomic E-state index is 10.6. The molecule has 0 aromatic heterocycles. The van der Waals surface area contributed by atoms with Gasteiger partial charge in [-0.3, -0.25) is 9.59 Å². The molecule has 0 radical (unpaired) electrons. The number of hydrogen-bond acceptors (Lipinski definition) is 4. The fourth-order valence-corrected chi connectivity index (χ4v) is 1.79. The summed E-state index contributed by atoms with van der Waals surface area (Å²) in [6, 6.07) is 14.5. The lowest BCUT2D eigenvalue weighted by Gasteiger charge is -2.00. The number of rotatable bonds is 2. The van der Waals surface area contributed by atoms with Gasteiger partial charge >= 0.3 is 0 Å². The first-order valence-corrected chi connectivity index (χ1v) is 7.39. The van der Waals surface area contributed by atoms with Gasteiger partial charge in [-0.05, 0) is 48.5 Å². The molecule has 0 aliphatic heterocycles. The molecule has 4 nitrogen and oxygen atoms in total. The Morgan fingerprint density at radius 1 is 0.682 bits per heavy atom. The summed E-state index contributed by atoms with van der Waals surface area (Å²) in [7, 11) is 0. The second kappa shape index (κ2) is 9.17. The van der Waals surface area contributed by atoms with Crippen LogP contribution in [0.2, 0.25) is 0 Å². The van der Waals surface area contributed by atoms with Crippen LogP contribution in [0.15, 0.2) is 58.3 Å². The van der Waals surface area contributed by atoms with E-state index in [0.717, 1.165) is 21.2 Å². The molecule has 0 aliphatic rings. The molecule has 2 rings (SSSR count). The van der Waals surface area contributed by atoms with Crippen molar-refractivity contribution in [1.82, 2.24) is 0 Å². The Morgan fingerprint density at radius 2 is 0.955 bits per heavy atom. The fourth-order valence-electron chi connectivity index (χ4n) is 1.50. The third-order valence-corrected chi connectivity index (χ3v) is 2.97. The summed E-state index contributed by atoms with van der Waals surface area (Å²) in [5.41, 5.74) is 1.60. The monoisotopic (exact) mass is 334 g/mol. The Morgan fingerprint density at radius 3 is 1.18 bits per heavy atom. The zero-order valence-corrected chi connectivity index (χ0v) is 14.1. The van der Waals surface area contributed by atoms with Crippen molar-refractivity contribution < 1.29 is 9.59 Å². The zero-order chi connectivity index (χ0) is 16.5. The molecule has 2 amide bonds. The number of nitrogens with one attached hydrogen (secondary N) is 2. The molecule has 0 atom stereocenters. The van der Waals surface area contributed by atoms with Crippen LogP contribution in [0, 0.1) is 0 Å². The summed E-state index contributed by atoms with van der Waals surface area (Å²) >= 11 is 8.22. The maximum absolute atomic E-state index is 10.6. The summed E-state index contributed by atoms with van der Waals surface area (Å²) in [4.78, 5) is 22.9. The summed E-state index contributed by atoms with van der Waals surface area (Å²) in [5, 5.41) is 5.32.